The highest BCUT2D eigenvalue weighted by molar-refractivity contribution is 7.99. The standard InChI is InChI=1S/C7H9FN2OS/c1-11-2-3-12-7-4-6(8)9-5-10-7/h4-5H,2-3H2,1H3. The summed E-state index contributed by atoms with van der Waals surface area (Å²) in [6, 6.07) is 1.31. The number of aromatic nitrogens is 2. The fraction of sp³-hybridized carbons (Fsp3) is 0.429. The van der Waals surface area contributed by atoms with Crippen molar-refractivity contribution in [1.29, 1.82) is 0 Å². The van der Waals surface area contributed by atoms with Crippen LogP contribution in [0.3, 0.4) is 0 Å². The molecule has 0 aliphatic rings. The Balaban J connectivity index is 2.41. The van der Waals surface area contributed by atoms with Gasteiger partial charge in [-0.05, 0) is 0 Å². The van der Waals surface area contributed by atoms with Crippen molar-refractivity contribution in [3.63, 3.8) is 0 Å². The second kappa shape index (κ2) is 5.05. The number of hydrogen-bond acceptors (Lipinski definition) is 4. The first-order valence-electron chi connectivity index (χ1n) is 3.42. The molecule has 1 heterocycles. The molecule has 0 N–H and O–H groups in total. The van der Waals surface area contributed by atoms with Crippen molar-refractivity contribution in [1.82, 2.24) is 9.97 Å². The molecule has 1 rings (SSSR count). The van der Waals surface area contributed by atoms with E-state index < -0.39 is 5.95 Å². The Labute approximate surface area is 74.4 Å². The Bertz CT molecular complexity index is 247. The fourth-order valence-electron chi connectivity index (χ4n) is 0.626. The third kappa shape index (κ3) is 3.15. The zero-order chi connectivity index (χ0) is 8.81. The van der Waals surface area contributed by atoms with Gasteiger partial charge >= 0.3 is 0 Å². The van der Waals surface area contributed by atoms with Crippen molar-refractivity contribution in [3.8, 4) is 0 Å². The Kier molecular flexibility index (Phi) is 3.96. The normalized spacial score (nSPS) is 10.2. The molecule has 0 aromatic carbocycles. The molecule has 66 valence electrons. The van der Waals surface area contributed by atoms with Crippen molar-refractivity contribution in [3.05, 3.63) is 18.3 Å². The monoisotopic (exact) mass is 188 g/mol. The molecule has 0 aliphatic heterocycles. The van der Waals surface area contributed by atoms with Crippen molar-refractivity contribution in [2.45, 2.75) is 5.03 Å². The van der Waals surface area contributed by atoms with Gasteiger partial charge in [-0.15, -0.1) is 11.8 Å². The smallest absolute Gasteiger partial charge is 0.217 e. The van der Waals surface area contributed by atoms with Crippen LogP contribution in [0.5, 0.6) is 0 Å². The summed E-state index contributed by atoms with van der Waals surface area (Å²) in [6.07, 6.45) is 1.21. The Hall–Kier alpha value is -0.680. The van der Waals surface area contributed by atoms with E-state index in [1.165, 1.54) is 24.2 Å². The molecule has 0 saturated heterocycles. The second-order valence-electron chi connectivity index (χ2n) is 2.02. The maximum Gasteiger partial charge on any atom is 0.217 e. The van der Waals surface area contributed by atoms with Gasteiger partial charge in [0.2, 0.25) is 5.95 Å². The van der Waals surface area contributed by atoms with Crippen LogP contribution in [0.1, 0.15) is 0 Å². The number of methoxy groups -OCH3 is 1. The van der Waals surface area contributed by atoms with Gasteiger partial charge in [-0.1, -0.05) is 0 Å². The van der Waals surface area contributed by atoms with Crippen LogP contribution in [0, 0.1) is 5.95 Å². The van der Waals surface area contributed by atoms with E-state index in [1.807, 2.05) is 0 Å². The Morgan fingerprint density at radius 2 is 2.42 bits per heavy atom. The number of rotatable bonds is 4. The minimum absolute atomic E-state index is 0.495. The molecule has 1 aromatic heterocycles. The van der Waals surface area contributed by atoms with Crippen molar-refractivity contribution in [2.75, 3.05) is 19.5 Å². The summed E-state index contributed by atoms with van der Waals surface area (Å²) in [5, 5.41) is 0.638. The average molecular weight is 188 g/mol. The van der Waals surface area contributed by atoms with Crippen LogP contribution >= 0.6 is 11.8 Å². The Morgan fingerprint density at radius 3 is 3.08 bits per heavy atom. The minimum Gasteiger partial charge on any atom is -0.384 e. The first-order chi connectivity index (χ1) is 5.83. The van der Waals surface area contributed by atoms with Gasteiger partial charge in [0, 0.05) is 18.9 Å². The summed E-state index contributed by atoms with van der Waals surface area (Å²) < 4.78 is 17.3. The quantitative estimate of drug-likeness (QED) is 0.406. The summed E-state index contributed by atoms with van der Waals surface area (Å²) in [6.45, 7) is 0.635. The molecule has 0 unspecified atom stereocenters. The molecule has 0 saturated carbocycles. The van der Waals surface area contributed by atoms with E-state index in [-0.39, 0.29) is 0 Å². The van der Waals surface area contributed by atoms with Gasteiger partial charge < -0.3 is 4.74 Å². The SMILES string of the molecule is COCCSc1cc(F)ncn1. The lowest BCUT2D eigenvalue weighted by Gasteiger charge is -1.98. The van der Waals surface area contributed by atoms with Gasteiger partial charge in [0.05, 0.1) is 6.61 Å². The van der Waals surface area contributed by atoms with Crippen molar-refractivity contribution < 1.29 is 9.13 Å². The van der Waals surface area contributed by atoms with E-state index in [1.54, 1.807) is 7.11 Å². The Morgan fingerprint density at radius 1 is 1.58 bits per heavy atom. The van der Waals surface area contributed by atoms with Gasteiger partial charge in [0.1, 0.15) is 11.4 Å². The van der Waals surface area contributed by atoms with Crippen LogP contribution in [-0.2, 0) is 4.74 Å². The van der Waals surface area contributed by atoms with E-state index in [4.69, 9.17) is 4.74 Å². The first-order valence-corrected chi connectivity index (χ1v) is 4.41. The molecule has 0 spiro atoms. The number of halogens is 1. The molecular formula is C7H9FN2OS. The molecule has 1 aromatic rings. The van der Waals surface area contributed by atoms with Gasteiger partial charge in [-0.3, -0.25) is 0 Å². The summed E-state index contributed by atoms with van der Waals surface area (Å²) in [5.41, 5.74) is 0. The van der Waals surface area contributed by atoms with Gasteiger partial charge in [-0.25, -0.2) is 9.97 Å². The zero-order valence-electron chi connectivity index (χ0n) is 6.66. The fourth-order valence-corrected chi connectivity index (χ4v) is 1.39. The van der Waals surface area contributed by atoms with Gasteiger partial charge in [0.25, 0.3) is 0 Å². The maximum absolute atomic E-state index is 12.5. The summed E-state index contributed by atoms with van der Waals surface area (Å²) in [5.74, 6) is 0.275. The maximum atomic E-state index is 12.5. The molecule has 5 heteroatoms. The van der Waals surface area contributed by atoms with Crippen LogP contribution in [0.15, 0.2) is 17.4 Å². The number of ether oxygens (including phenoxy) is 1. The predicted molar refractivity (Wildman–Crippen MR) is 44.6 cm³/mol. The lowest BCUT2D eigenvalue weighted by Crippen LogP contribution is -1.93. The topological polar surface area (TPSA) is 35.0 Å². The van der Waals surface area contributed by atoms with Gasteiger partial charge in [0.15, 0.2) is 0 Å². The third-order valence-electron chi connectivity index (χ3n) is 1.15. The van der Waals surface area contributed by atoms with Crippen LogP contribution in [0.4, 0.5) is 4.39 Å². The van der Waals surface area contributed by atoms with E-state index in [2.05, 4.69) is 9.97 Å². The molecular weight excluding hydrogens is 179 g/mol. The summed E-state index contributed by atoms with van der Waals surface area (Å²) in [4.78, 5) is 7.21. The molecule has 12 heavy (non-hydrogen) atoms. The van der Waals surface area contributed by atoms with Crippen LogP contribution in [-0.4, -0.2) is 29.4 Å². The molecule has 0 radical (unpaired) electrons. The van der Waals surface area contributed by atoms with E-state index >= 15 is 0 Å². The first kappa shape index (κ1) is 9.41. The number of thioether (sulfide) groups is 1. The third-order valence-corrected chi connectivity index (χ3v) is 2.04. The van der Waals surface area contributed by atoms with Crippen LogP contribution < -0.4 is 0 Å². The highest BCUT2D eigenvalue weighted by Crippen LogP contribution is 2.13. The van der Waals surface area contributed by atoms with Crippen LogP contribution in [0.25, 0.3) is 0 Å². The van der Waals surface area contributed by atoms with E-state index in [0.717, 1.165) is 5.75 Å². The molecule has 0 atom stereocenters. The van der Waals surface area contributed by atoms with Crippen molar-refractivity contribution >= 4 is 11.8 Å². The summed E-state index contributed by atoms with van der Waals surface area (Å²) >= 11 is 1.44. The minimum atomic E-state index is -0.495. The second-order valence-corrected chi connectivity index (χ2v) is 3.14. The van der Waals surface area contributed by atoms with E-state index in [0.29, 0.717) is 11.6 Å². The lowest BCUT2D eigenvalue weighted by molar-refractivity contribution is 0.218. The molecule has 0 amide bonds. The lowest BCUT2D eigenvalue weighted by atomic mass is 10.7. The van der Waals surface area contributed by atoms with Crippen molar-refractivity contribution in [2.24, 2.45) is 0 Å². The molecule has 3 nitrogen and oxygen atoms in total. The predicted octanol–water partition coefficient (Wildman–Crippen LogP) is 1.35. The summed E-state index contributed by atoms with van der Waals surface area (Å²) in [7, 11) is 1.63. The van der Waals surface area contributed by atoms with Crippen LogP contribution in [0.2, 0.25) is 0 Å². The van der Waals surface area contributed by atoms with E-state index in [9.17, 15) is 4.39 Å². The van der Waals surface area contributed by atoms with Gasteiger partial charge in [-0.2, -0.15) is 4.39 Å². The number of nitrogens with zero attached hydrogens (tertiary/aromatic N) is 2. The highest BCUT2D eigenvalue weighted by atomic mass is 32.2. The zero-order valence-corrected chi connectivity index (χ0v) is 7.47. The largest absolute Gasteiger partial charge is 0.384 e. The average Bonchev–Trinajstić information content (AvgIpc) is 2.05. The molecule has 0 bridgehead atoms. The number of hydrogen-bond donors (Lipinski definition) is 0. The molecule has 0 fully saturated rings. The highest BCUT2D eigenvalue weighted by Gasteiger charge is 1.97. The molecule has 0 aliphatic carbocycles.